The molecule has 0 spiro atoms. The van der Waals surface area contributed by atoms with E-state index in [-0.39, 0.29) is 6.29 Å². The number of ether oxygens (including phenoxy) is 2. The molecule has 0 bridgehead atoms. The van der Waals surface area contributed by atoms with Crippen LogP contribution in [0.3, 0.4) is 0 Å². The van der Waals surface area contributed by atoms with E-state index in [9.17, 15) is 0 Å². The highest BCUT2D eigenvalue weighted by molar-refractivity contribution is 9.11. The first-order valence-electron chi connectivity index (χ1n) is 6.55. The van der Waals surface area contributed by atoms with Gasteiger partial charge in [-0.3, -0.25) is 4.90 Å². The minimum Gasteiger partial charge on any atom is -0.350 e. The van der Waals surface area contributed by atoms with Crippen molar-refractivity contribution in [1.29, 1.82) is 0 Å². The Morgan fingerprint density at radius 3 is 2.89 bits per heavy atom. The highest BCUT2D eigenvalue weighted by atomic mass is 79.9. The minimum absolute atomic E-state index is 0.0290. The van der Waals surface area contributed by atoms with Gasteiger partial charge in [0.1, 0.15) is 0 Å². The Labute approximate surface area is 120 Å². The van der Waals surface area contributed by atoms with E-state index in [0.29, 0.717) is 6.04 Å². The van der Waals surface area contributed by atoms with Gasteiger partial charge in [-0.2, -0.15) is 0 Å². The summed E-state index contributed by atoms with van der Waals surface area (Å²) in [6.07, 6.45) is 3.59. The number of thiophene rings is 1. The second-order valence-electron chi connectivity index (χ2n) is 4.80. The van der Waals surface area contributed by atoms with Crippen LogP contribution in [0.15, 0.2) is 15.9 Å². The van der Waals surface area contributed by atoms with Crippen molar-refractivity contribution >= 4 is 27.3 Å². The van der Waals surface area contributed by atoms with Crippen LogP contribution in [0.5, 0.6) is 0 Å². The molecule has 3 nitrogen and oxygen atoms in total. The summed E-state index contributed by atoms with van der Waals surface area (Å²) in [5.74, 6) is 0. The average Bonchev–Trinajstić information content (AvgIpc) is 3.07. The van der Waals surface area contributed by atoms with Crippen LogP contribution in [0.4, 0.5) is 0 Å². The van der Waals surface area contributed by atoms with Crippen molar-refractivity contribution in [3.8, 4) is 0 Å². The van der Waals surface area contributed by atoms with Gasteiger partial charge in [0.25, 0.3) is 0 Å². The highest BCUT2D eigenvalue weighted by Gasteiger charge is 2.28. The molecular formula is C13H18BrNO2S. The number of nitrogens with zero attached hydrogens (tertiary/aromatic N) is 1. The van der Waals surface area contributed by atoms with Gasteiger partial charge in [0.15, 0.2) is 6.29 Å². The predicted molar refractivity (Wildman–Crippen MR) is 75.9 cm³/mol. The van der Waals surface area contributed by atoms with E-state index in [1.54, 1.807) is 0 Å². The zero-order valence-corrected chi connectivity index (χ0v) is 12.7. The smallest absolute Gasteiger partial charge is 0.159 e. The number of halogens is 1. The van der Waals surface area contributed by atoms with Crippen molar-refractivity contribution in [2.75, 3.05) is 26.3 Å². The Hall–Kier alpha value is 0.0600. The van der Waals surface area contributed by atoms with Crippen molar-refractivity contribution in [2.45, 2.75) is 31.6 Å². The molecule has 0 saturated carbocycles. The highest BCUT2D eigenvalue weighted by Crippen LogP contribution is 2.37. The summed E-state index contributed by atoms with van der Waals surface area (Å²) in [5, 5.41) is 0. The molecule has 1 aromatic heterocycles. The third kappa shape index (κ3) is 2.96. The molecule has 100 valence electrons. The molecule has 3 heterocycles. The van der Waals surface area contributed by atoms with E-state index in [1.165, 1.54) is 28.0 Å². The number of rotatable bonds is 4. The molecule has 0 N–H and O–H groups in total. The van der Waals surface area contributed by atoms with Gasteiger partial charge in [0.2, 0.25) is 0 Å². The van der Waals surface area contributed by atoms with Gasteiger partial charge in [-0.15, -0.1) is 11.3 Å². The van der Waals surface area contributed by atoms with Crippen LogP contribution in [0, 0.1) is 0 Å². The van der Waals surface area contributed by atoms with E-state index >= 15 is 0 Å². The molecule has 18 heavy (non-hydrogen) atoms. The molecule has 0 radical (unpaired) electrons. The molecule has 0 aromatic carbocycles. The summed E-state index contributed by atoms with van der Waals surface area (Å²) >= 11 is 5.41. The zero-order chi connectivity index (χ0) is 12.4. The Bertz CT molecular complexity index is 392. The largest absolute Gasteiger partial charge is 0.350 e. The Balaban J connectivity index is 1.57. The van der Waals surface area contributed by atoms with Gasteiger partial charge in [-0.1, -0.05) is 0 Å². The standard InChI is InChI=1S/C13H18BrNO2S/c14-12-4-3-11(18-12)10-2-1-6-15(10)7-5-13-16-8-9-17-13/h3-4,10,13H,1-2,5-9H2/t10-/m0/s1. The van der Waals surface area contributed by atoms with Crippen LogP contribution < -0.4 is 0 Å². The van der Waals surface area contributed by atoms with Crippen LogP contribution in [0.1, 0.15) is 30.2 Å². The lowest BCUT2D eigenvalue weighted by molar-refractivity contribution is -0.0520. The summed E-state index contributed by atoms with van der Waals surface area (Å²) in [6.45, 7) is 3.79. The van der Waals surface area contributed by atoms with Gasteiger partial charge in [-0.05, 0) is 47.4 Å². The van der Waals surface area contributed by atoms with Crippen molar-refractivity contribution in [2.24, 2.45) is 0 Å². The second-order valence-corrected chi connectivity index (χ2v) is 7.29. The fourth-order valence-electron chi connectivity index (χ4n) is 2.77. The molecule has 0 aliphatic carbocycles. The third-order valence-corrected chi connectivity index (χ3v) is 5.35. The molecule has 3 rings (SSSR count). The van der Waals surface area contributed by atoms with Gasteiger partial charge < -0.3 is 9.47 Å². The predicted octanol–water partition coefficient (Wildman–Crippen LogP) is 3.41. The number of hydrogen-bond acceptors (Lipinski definition) is 4. The van der Waals surface area contributed by atoms with Gasteiger partial charge in [0.05, 0.1) is 17.0 Å². The van der Waals surface area contributed by atoms with E-state index in [4.69, 9.17) is 9.47 Å². The Morgan fingerprint density at radius 2 is 2.17 bits per heavy atom. The van der Waals surface area contributed by atoms with Crippen LogP contribution in [0.25, 0.3) is 0 Å². The molecule has 0 amide bonds. The van der Waals surface area contributed by atoms with Crippen LogP contribution in [0.2, 0.25) is 0 Å². The summed E-state index contributed by atoms with van der Waals surface area (Å²) in [7, 11) is 0. The van der Waals surface area contributed by atoms with Crippen molar-refractivity contribution in [1.82, 2.24) is 4.90 Å². The van der Waals surface area contributed by atoms with E-state index in [2.05, 4.69) is 33.0 Å². The maximum absolute atomic E-state index is 5.50. The monoisotopic (exact) mass is 331 g/mol. The summed E-state index contributed by atoms with van der Waals surface area (Å²) in [5.41, 5.74) is 0. The lowest BCUT2D eigenvalue weighted by Gasteiger charge is -2.24. The van der Waals surface area contributed by atoms with Gasteiger partial charge in [-0.25, -0.2) is 0 Å². The molecule has 2 fully saturated rings. The SMILES string of the molecule is Brc1ccc([C@@H]2CCCN2CCC2OCCO2)s1. The quantitative estimate of drug-likeness (QED) is 0.843. The lowest BCUT2D eigenvalue weighted by atomic mass is 10.2. The Morgan fingerprint density at radius 1 is 1.33 bits per heavy atom. The van der Waals surface area contributed by atoms with Gasteiger partial charge in [0, 0.05) is 23.9 Å². The van der Waals surface area contributed by atoms with Crippen molar-refractivity contribution < 1.29 is 9.47 Å². The van der Waals surface area contributed by atoms with E-state index in [1.807, 2.05) is 11.3 Å². The maximum Gasteiger partial charge on any atom is 0.159 e. The Kier molecular flexibility index (Phi) is 4.36. The first kappa shape index (κ1) is 13.1. The van der Waals surface area contributed by atoms with Gasteiger partial charge >= 0.3 is 0 Å². The van der Waals surface area contributed by atoms with Crippen LogP contribution in [-0.4, -0.2) is 37.5 Å². The molecule has 2 aliphatic rings. The molecule has 2 aliphatic heterocycles. The van der Waals surface area contributed by atoms with E-state index < -0.39 is 0 Å². The summed E-state index contributed by atoms with van der Waals surface area (Å²) in [4.78, 5) is 4.05. The fourth-order valence-corrected chi connectivity index (χ4v) is 4.36. The fraction of sp³-hybridized carbons (Fsp3) is 0.692. The number of hydrogen-bond donors (Lipinski definition) is 0. The molecule has 5 heteroatoms. The molecule has 0 unspecified atom stereocenters. The molecule has 1 atom stereocenters. The first-order valence-corrected chi connectivity index (χ1v) is 8.16. The normalized spacial score (nSPS) is 26.2. The zero-order valence-electron chi connectivity index (χ0n) is 10.3. The topological polar surface area (TPSA) is 21.7 Å². The third-order valence-electron chi connectivity index (χ3n) is 3.63. The maximum atomic E-state index is 5.50. The average molecular weight is 332 g/mol. The molecular weight excluding hydrogens is 314 g/mol. The summed E-state index contributed by atoms with van der Waals surface area (Å²) in [6, 6.07) is 5.00. The molecule has 2 saturated heterocycles. The first-order chi connectivity index (χ1) is 8.83. The number of likely N-dealkylation sites (tertiary alicyclic amines) is 1. The second kappa shape index (κ2) is 6.01. The van der Waals surface area contributed by atoms with Crippen LogP contribution >= 0.6 is 27.3 Å². The summed E-state index contributed by atoms with van der Waals surface area (Å²) < 4.78 is 12.2. The van der Waals surface area contributed by atoms with Crippen LogP contribution in [-0.2, 0) is 9.47 Å². The molecule has 1 aromatic rings. The van der Waals surface area contributed by atoms with E-state index in [0.717, 1.165) is 26.2 Å². The van der Waals surface area contributed by atoms with Crippen molar-refractivity contribution in [3.05, 3.63) is 20.8 Å². The minimum atomic E-state index is 0.0290. The lowest BCUT2D eigenvalue weighted by Crippen LogP contribution is -2.27. The van der Waals surface area contributed by atoms with Crippen molar-refractivity contribution in [3.63, 3.8) is 0 Å².